The minimum atomic E-state index is -0.129. The van der Waals surface area contributed by atoms with E-state index in [2.05, 4.69) is 12.2 Å². The molecule has 0 spiro atoms. The molecule has 1 heterocycles. The summed E-state index contributed by atoms with van der Waals surface area (Å²) in [6.07, 6.45) is 5.31. The van der Waals surface area contributed by atoms with Crippen molar-refractivity contribution >= 4 is 0 Å². The molecule has 18 heavy (non-hydrogen) atoms. The van der Waals surface area contributed by atoms with Crippen LogP contribution in [0.15, 0.2) is 24.3 Å². The van der Waals surface area contributed by atoms with E-state index in [-0.39, 0.29) is 5.82 Å². The summed E-state index contributed by atoms with van der Waals surface area (Å²) in [5, 5.41) is 3.53. The zero-order chi connectivity index (χ0) is 12.6. The van der Waals surface area contributed by atoms with Gasteiger partial charge < -0.3 is 5.32 Å². The average Bonchev–Trinajstić information content (AvgIpc) is 3.24. The lowest BCUT2D eigenvalue weighted by Crippen LogP contribution is -2.44. The molecule has 1 aliphatic heterocycles. The standard InChI is InChI=1S/C16H22FN/c1-2-16(13-5-6-13)9-10-18-11-15(16)12-3-7-14(17)8-4-12/h3-4,7-8,13,15,18H,2,5-6,9-11H2,1H3. The molecule has 1 aliphatic carbocycles. The predicted octanol–water partition coefficient (Wildman–Crippen LogP) is 3.71. The molecule has 2 atom stereocenters. The van der Waals surface area contributed by atoms with Crippen molar-refractivity contribution < 1.29 is 4.39 Å². The second-order valence-corrected chi connectivity index (χ2v) is 5.92. The molecule has 0 radical (unpaired) electrons. The van der Waals surface area contributed by atoms with Crippen molar-refractivity contribution in [3.63, 3.8) is 0 Å². The molecule has 1 N–H and O–H groups in total. The summed E-state index contributed by atoms with van der Waals surface area (Å²) in [7, 11) is 0. The van der Waals surface area contributed by atoms with Crippen LogP contribution in [0.25, 0.3) is 0 Å². The Morgan fingerprint density at radius 2 is 2.00 bits per heavy atom. The minimum Gasteiger partial charge on any atom is -0.316 e. The molecule has 0 amide bonds. The van der Waals surface area contributed by atoms with E-state index in [0.717, 1.165) is 19.0 Å². The van der Waals surface area contributed by atoms with Crippen LogP contribution in [-0.2, 0) is 0 Å². The highest BCUT2D eigenvalue weighted by atomic mass is 19.1. The summed E-state index contributed by atoms with van der Waals surface area (Å²) in [6, 6.07) is 7.19. The first-order chi connectivity index (χ1) is 8.76. The van der Waals surface area contributed by atoms with Crippen LogP contribution in [0.2, 0.25) is 0 Å². The van der Waals surface area contributed by atoms with Crippen LogP contribution in [0.1, 0.15) is 44.1 Å². The van der Waals surface area contributed by atoms with Gasteiger partial charge in [-0.25, -0.2) is 4.39 Å². The van der Waals surface area contributed by atoms with Gasteiger partial charge in [-0.1, -0.05) is 19.1 Å². The van der Waals surface area contributed by atoms with Crippen molar-refractivity contribution in [2.24, 2.45) is 11.3 Å². The monoisotopic (exact) mass is 247 g/mol. The van der Waals surface area contributed by atoms with Crippen LogP contribution in [0.4, 0.5) is 4.39 Å². The highest BCUT2D eigenvalue weighted by Gasteiger charge is 2.50. The van der Waals surface area contributed by atoms with Crippen molar-refractivity contribution in [1.82, 2.24) is 5.32 Å². The fourth-order valence-corrected chi connectivity index (χ4v) is 3.95. The Hall–Kier alpha value is -0.890. The molecule has 1 aromatic rings. The van der Waals surface area contributed by atoms with Gasteiger partial charge in [0.15, 0.2) is 0 Å². The van der Waals surface area contributed by atoms with Crippen LogP contribution in [0, 0.1) is 17.2 Å². The quantitative estimate of drug-likeness (QED) is 0.858. The summed E-state index contributed by atoms with van der Waals surface area (Å²) in [5.41, 5.74) is 1.78. The van der Waals surface area contributed by atoms with Gasteiger partial charge in [0.05, 0.1) is 0 Å². The Balaban J connectivity index is 1.93. The van der Waals surface area contributed by atoms with Crippen LogP contribution >= 0.6 is 0 Å². The predicted molar refractivity (Wildman–Crippen MR) is 72.1 cm³/mol. The molecule has 2 heteroatoms. The topological polar surface area (TPSA) is 12.0 Å². The van der Waals surface area contributed by atoms with Crippen LogP contribution < -0.4 is 5.32 Å². The first-order valence-corrected chi connectivity index (χ1v) is 7.22. The largest absolute Gasteiger partial charge is 0.316 e. The van der Waals surface area contributed by atoms with Gasteiger partial charge >= 0.3 is 0 Å². The number of hydrogen-bond donors (Lipinski definition) is 1. The van der Waals surface area contributed by atoms with E-state index in [1.54, 1.807) is 12.1 Å². The van der Waals surface area contributed by atoms with E-state index >= 15 is 0 Å². The van der Waals surface area contributed by atoms with Gasteiger partial charge in [-0.05, 0) is 61.3 Å². The number of hydrogen-bond acceptors (Lipinski definition) is 1. The summed E-state index contributed by atoms with van der Waals surface area (Å²) in [5.74, 6) is 1.33. The van der Waals surface area contributed by atoms with Gasteiger partial charge in [-0.15, -0.1) is 0 Å². The normalized spacial score (nSPS) is 32.4. The highest BCUT2D eigenvalue weighted by Crippen LogP contribution is 2.58. The zero-order valence-corrected chi connectivity index (χ0v) is 11.1. The zero-order valence-electron chi connectivity index (χ0n) is 11.1. The Labute approximate surface area is 109 Å². The smallest absolute Gasteiger partial charge is 0.123 e. The fraction of sp³-hybridized carbons (Fsp3) is 0.625. The molecule has 98 valence electrons. The highest BCUT2D eigenvalue weighted by molar-refractivity contribution is 5.25. The third-order valence-corrected chi connectivity index (χ3v) is 5.13. The first kappa shape index (κ1) is 12.2. The third kappa shape index (κ3) is 1.97. The van der Waals surface area contributed by atoms with Crippen molar-refractivity contribution in [3.8, 4) is 0 Å². The second-order valence-electron chi connectivity index (χ2n) is 5.92. The molecule has 2 aliphatic rings. The molecule has 1 aromatic carbocycles. The van der Waals surface area contributed by atoms with Crippen molar-refractivity contribution in [3.05, 3.63) is 35.6 Å². The van der Waals surface area contributed by atoms with Gasteiger partial charge in [-0.2, -0.15) is 0 Å². The molecule has 0 bridgehead atoms. The SMILES string of the molecule is CCC1(C2CC2)CCNCC1c1ccc(F)cc1. The second kappa shape index (κ2) is 4.65. The van der Waals surface area contributed by atoms with E-state index in [1.807, 2.05) is 12.1 Å². The average molecular weight is 247 g/mol. The fourth-order valence-electron chi connectivity index (χ4n) is 3.95. The number of nitrogens with one attached hydrogen (secondary N) is 1. The van der Waals surface area contributed by atoms with E-state index in [4.69, 9.17) is 0 Å². The number of rotatable bonds is 3. The number of benzene rings is 1. The van der Waals surface area contributed by atoms with Gasteiger partial charge in [0.2, 0.25) is 0 Å². The molecule has 0 aromatic heterocycles. The molecular weight excluding hydrogens is 225 g/mol. The Morgan fingerprint density at radius 1 is 1.28 bits per heavy atom. The van der Waals surface area contributed by atoms with Gasteiger partial charge in [0, 0.05) is 12.5 Å². The lowest BCUT2D eigenvalue weighted by Gasteiger charge is -2.45. The van der Waals surface area contributed by atoms with Gasteiger partial charge in [0.25, 0.3) is 0 Å². The summed E-state index contributed by atoms with van der Waals surface area (Å²) < 4.78 is 13.1. The molecule has 1 saturated heterocycles. The Kier molecular flexibility index (Phi) is 3.14. The molecule has 1 nitrogen and oxygen atoms in total. The third-order valence-electron chi connectivity index (χ3n) is 5.13. The molecule has 2 fully saturated rings. The van der Waals surface area contributed by atoms with Crippen LogP contribution in [0.5, 0.6) is 0 Å². The number of halogens is 1. The first-order valence-electron chi connectivity index (χ1n) is 7.22. The van der Waals surface area contributed by atoms with E-state index < -0.39 is 0 Å². The van der Waals surface area contributed by atoms with Crippen LogP contribution in [-0.4, -0.2) is 13.1 Å². The van der Waals surface area contributed by atoms with E-state index in [9.17, 15) is 4.39 Å². The maximum absolute atomic E-state index is 13.1. The van der Waals surface area contributed by atoms with Crippen molar-refractivity contribution in [2.45, 2.75) is 38.5 Å². The van der Waals surface area contributed by atoms with Crippen molar-refractivity contribution in [2.75, 3.05) is 13.1 Å². The summed E-state index contributed by atoms with van der Waals surface area (Å²) >= 11 is 0. The van der Waals surface area contributed by atoms with E-state index in [0.29, 0.717) is 11.3 Å². The maximum atomic E-state index is 13.1. The Morgan fingerprint density at radius 3 is 2.61 bits per heavy atom. The van der Waals surface area contributed by atoms with Crippen molar-refractivity contribution in [1.29, 1.82) is 0 Å². The minimum absolute atomic E-state index is 0.129. The lowest BCUT2D eigenvalue weighted by molar-refractivity contribution is 0.123. The molecule has 2 unspecified atom stereocenters. The van der Waals surface area contributed by atoms with Gasteiger partial charge in [-0.3, -0.25) is 0 Å². The molecule has 3 rings (SSSR count). The number of piperidine rings is 1. The van der Waals surface area contributed by atoms with Gasteiger partial charge in [0.1, 0.15) is 5.82 Å². The molecular formula is C16H22FN. The summed E-state index contributed by atoms with van der Waals surface area (Å²) in [4.78, 5) is 0. The van der Waals surface area contributed by atoms with Crippen LogP contribution in [0.3, 0.4) is 0 Å². The maximum Gasteiger partial charge on any atom is 0.123 e. The summed E-state index contributed by atoms with van der Waals surface area (Å²) in [6.45, 7) is 4.53. The Bertz CT molecular complexity index is 410. The lowest BCUT2D eigenvalue weighted by atomic mass is 9.63. The molecule has 1 saturated carbocycles. The van der Waals surface area contributed by atoms with E-state index in [1.165, 1.54) is 31.2 Å².